The zero-order valence-electron chi connectivity index (χ0n) is 17.2. The van der Waals surface area contributed by atoms with Crippen LogP contribution in [0.5, 0.6) is 0 Å². The highest BCUT2D eigenvalue weighted by Gasteiger charge is 2.32. The molecule has 1 saturated heterocycles. The number of hydrogen-bond donors (Lipinski definition) is 3. The molecule has 1 fully saturated rings. The molecule has 158 valence electrons. The summed E-state index contributed by atoms with van der Waals surface area (Å²) in [4.78, 5) is 24.4. The number of benzene rings is 1. The van der Waals surface area contributed by atoms with Gasteiger partial charge in [0, 0.05) is 19.2 Å². The van der Waals surface area contributed by atoms with Crippen molar-refractivity contribution >= 4 is 24.2 Å². The van der Waals surface area contributed by atoms with Crippen LogP contribution in [0.15, 0.2) is 30.5 Å². The molecular formula is C20H29ClN6O2. The fraction of sp³-hybridized carbons (Fsp3) is 0.500. The van der Waals surface area contributed by atoms with E-state index in [1.807, 2.05) is 44.3 Å². The van der Waals surface area contributed by atoms with E-state index in [2.05, 4.69) is 33.2 Å². The first-order valence-corrected chi connectivity index (χ1v) is 9.62. The second-order valence-corrected chi connectivity index (χ2v) is 7.68. The second-order valence-electron chi connectivity index (χ2n) is 7.68. The molecule has 2 amide bonds. The molecule has 0 aliphatic carbocycles. The van der Waals surface area contributed by atoms with Crippen LogP contribution in [0.3, 0.4) is 0 Å². The molecule has 0 radical (unpaired) electrons. The Morgan fingerprint density at radius 1 is 1.28 bits per heavy atom. The number of hydrogen-bond acceptors (Lipinski definition) is 5. The zero-order chi connectivity index (χ0) is 20.3. The molecule has 0 unspecified atom stereocenters. The summed E-state index contributed by atoms with van der Waals surface area (Å²) in [5, 5.41) is 17.4. The fourth-order valence-corrected chi connectivity index (χ4v) is 3.35. The number of carbonyl (C=O) groups is 2. The number of nitrogens with one attached hydrogen (secondary N) is 3. The molecule has 1 aromatic heterocycles. The quantitative estimate of drug-likeness (QED) is 0.658. The van der Waals surface area contributed by atoms with Crippen LogP contribution in [0, 0.1) is 0 Å². The van der Waals surface area contributed by atoms with Gasteiger partial charge in [0.15, 0.2) is 0 Å². The highest BCUT2D eigenvalue weighted by molar-refractivity contribution is 5.94. The van der Waals surface area contributed by atoms with Crippen molar-refractivity contribution in [2.45, 2.75) is 51.2 Å². The Morgan fingerprint density at radius 3 is 2.59 bits per heavy atom. The summed E-state index contributed by atoms with van der Waals surface area (Å²) in [6.45, 7) is 6.54. The Kier molecular flexibility index (Phi) is 7.37. The molecule has 0 bridgehead atoms. The normalized spacial score (nSPS) is 18.8. The van der Waals surface area contributed by atoms with Crippen LogP contribution < -0.4 is 16.0 Å². The predicted octanol–water partition coefficient (Wildman–Crippen LogP) is 1.58. The average Bonchev–Trinajstić information content (AvgIpc) is 3.36. The lowest BCUT2D eigenvalue weighted by Crippen LogP contribution is -2.41. The SMILES string of the molecule is CCc1ccc(C(=O)NC(C)(C)c2cn([C@H]3CN[C@H](C(=O)NC)C3)nn2)cc1.Cl. The summed E-state index contributed by atoms with van der Waals surface area (Å²) in [5.41, 5.74) is 1.81. The van der Waals surface area contributed by atoms with E-state index < -0.39 is 5.54 Å². The number of aromatic nitrogens is 3. The molecule has 9 heteroatoms. The van der Waals surface area contributed by atoms with E-state index in [4.69, 9.17) is 0 Å². The van der Waals surface area contributed by atoms with Gasteiger partial charge in [-0.1, -0.05) is 24.3 Å². The monoisotopic (exact) mass is 420 g/mol. The molecule has 2 atom stereocenters. The van der Waals surface area contributed by atoms with Crippen molar-refractivity contribution in [3.8, 4) is 0 Å². The number of likely N-dealkylation sites (N-methyl/N-ethyl adjacent to an activating group) is 1. The number of halogens is 1. The number of nitrogens with zero attached hydrogens (tertiary/aromatic N) is 3. The van der Waals surface area contributed by atoms with E-state index in [1.54, 1.807) is 11.7 Å². The van der Waals surface area contributed by atoms with Crippen molar-refractivity contribution in [3.63, 3.8) is 0 Å². The summed E-state index contributed by atoms with van der Waals surface area (Å²) in [7, 11) is 1.63. The summed E-state index contributed by atoms with van der Waals surface area (Å²) >= 11 is 0. The second kappa shape index (κ2) is 9.37. The highest BCUT2D eigenvalue weighted by Crippen LogP contribution is 2.23. The third-order valence-electron chi connectivity index (χ3n) is 5.25. The van der Waals surface area contributed by atoms with Crippen LogP contribution in [0.2, 0.25) is 0 Å². The van der Waals surface area contributed by atoms with E-state index in [0.717, 1.165) is 6.42 Å². The lowest BCUT2D eigenvalue weighted by atomic mass is 10.00. The Morgan fingerprint density at radius 2 is 1.97 bits per heavy atom. The third kappa shape index (κ3) is 5.13. The first-order chi connectivity index (χ1) is 13.3. The summed E-state index contributed by atoms with van der Waals surface area (Å²) in [6.07, 6.45) is 3.44. The molecular weight excluding hydrogens is 392 g/mol. The lowest BCUT2D eigenvalue weighted by molar-refractivity contribution is -0.122. The highest BCUT2D eigenvalue weighted by atomic mass is 35.5. The minimum Gasteiger partial charge on any atom is -0.358 e. The van der Waals surface area contributed by atoms with Gasteiger partial charge in [-0.15, -0.1) is 17.5 Å². The van der Waals surface area contributed by atoms with Gasteiger partial charge in [0.25, 0.3) is 5.91 Å². The first-order valence-electron chi connectivity index (χ1n) is 9.62. The van der Waals surface area contributed by atoms with Crippen molar-refractivity contribution in [3.05, 3.63) is 47.3 Å². The van der Waals surface area contributed by atoms with Crippen molar-refractivity contribution in [2.75, 3.05) is 13.6 Å². The molecule has 3 rings (SSSR count). The van der Waals surface area contributed by atoms with Crippen LogP contribution in [0.4, 0.5) is 0 Å². The minimum absolute atomic E-state index is 0. The van der Waals surface area contributed by atoms with Gasteiger partial charge in [0.05, 0.1) is 23.8 Å². The van der Waals surface area contributed by atoms with Gasteiger partial charge < -0.3 is 16.0 Å². The Hall–Kier alpha value is -2.45. The summed E-state index contributed by atoms with van der Waals surface area (Å²) in [5.74, 6) is -0.172. The van der Waals surface area contributed by atoms with Crippen LogP contribution in [-0.2, 0) is 16.8 Å². The van der Waals surface area contributed by atoms with Gasteiger partial charge >= 0.3 is 0 Å². The van der Waals surface area contributed by atoms with E-state index in [1.165, 1.54) is 5.56 Å². The van der Waals surface area contributed by atoms with E-state index >= 15 is 0 Å². The molecule has 29 heavy (non-hydrogen) atoms. The molecule has 2 aromatic rings. The van der Waals surface area contributed by atoms with Crippen LogP contribution in [0.25, 0.3) is 0 Å². The van der Waals surface area contributed by atoms with Crippen LogP contribution in [0.1, 0.15) is 54.8 Å². The molecule has 1 aliphatic rings. The summed E-state index contributed by atoms with van der Waals surface area (Å²) < 4.78 is 1.77. The number of rotatable bonds is 6. The Balaban J connectivity index is 0.00000300. The van der Waals surface area contributed by atoms with Crippen molar-refractivity contribution < 1.29 is 9.59 Å². The smallest absolute Gasteiger partial charge is 0.252 e. The fourth-order valence-electron chi connectivity index (χ4n) is 3.35. The number of carbonyl (C=O) groups excluding carboxylic acids is 2. The van der Waals surface area contributed by atoms with Crippen molar-refractivity contribution in [1.82, 2.24) is 30.9 Å². The van der Waals surface area contributed by atoms with Crippen LogP contribution >= 0.6 is 12.4 Å². The maximum atomic E-state index is 12.6. The topological polar surface area (TPSA) is 101 Å². The number of amides is 2. The van der Waals surface area contributed by atoms with Gasteiger partial charge in [-0.2, -0.15) is 0 Å². The maximum absolute atomic E-state index is 12.6. The Bertz CT molecular complexity index is 849. The van der Waals surface area contributed by atoms with Crippen LogP contribution in [-0.4, -0.2) is 46.4 Å². The van der Waals surface area contributed by atoms with Crippen molar-refractivity contribution in [2.24, 2.45) is 0 Å². The molecule has 0 spiro atoms. The molecule has 8 nitrogen and oxygen atoms in total. The third-order valence-corrected chi connectivity index (χ3v) is 5.25. The molecule has 2 heterocycles. The molecule has 3 N–H and O–H groups in total. The van der Waals surface area contributed by atoms with Gasteiger partial charge in [0.2, 0.25) is 5.91 Å². The molecule has 0 saturated carbocycles. The number of aryl methyl sites for hydroxylation is 1. The largest absolute Gasteiger partial charge is 0.358 e. The minimum atomic E-state index is -0.676. The first kappa shape index (κ1) is 22.8. The standard InChI is InChI=1S/C20H28N6O2.ClH/c1-5-13-6-8-14(9-7-13)18(27)23-20(2,3)17-12-26(25-24-17)15-10-16(22-11-15)19(28)21-4;/h6-9,12,15-16,22H,5,10-11H2,1-4H3,(H,21,28)(H,23,27);1H/t15-,16+;/m1./s1. The predicted molar refractivity (Wildman–Crippen MR) is 113 cm³/mol. The zero-order valence-corrected chi connectivity index (χ0v) is 18.0. The van der Waals surface area contributed by atoms with Gasteiger partial charge in [-0.25, -0.2) is 4.68 Å². The molecule has 1 aromatic carbocycles. The van der Waals surface area contributed by atoms with Crippen molar-refractivity contribution in [1.29, 1.82) is 0 Å². The van der Waals surface area contributed by atoms with Gasteiger partial charge in [0.1, 0.15) is 5.69 Å². The Labute approximate surface area is 177 Å². The van der Waals surface area contributed by atoms with E-state index in [0.29, 0.717) is 24.2 Å². The molecule has 1 aliphatic heterocycles. The van der Waals surface area contributed by atoms with E-state index in [-0.39, 0.29) is 36.3 Å². The maximum Gasteiger partial charge on any atom is 0.252 e. The average molecular weight is 421 g/mol. The van der Waals surface area contributed by atoms with E-state index in [9.17, 15) is 9.59 Å². The van der Waals surface area contributed by atoms with Gasteiger partial charge in [-0.3, -0.25) is 9.59 Å². The summed E-state index contributed by atoms with van der Waals surface area (Å²) in [6, 6.07) is 7.44. The lowest BCUT2D eigenvalue weighted by Gasteiger charge is -2.23. The van der Waals surface area contributed by atoms with Gasteiger partial charge in [-0.05, 0) is 44.4 Å².